The lowest BCUT2D eigenvalue weighted by Crippen LogP contribution is -2.01. The van der Waals surface area contributed by atoms with E-state index in [0.29, 0.717) is 15.0 Å². The monoisotopic (exact) mass is 396 g/mol. The first-order valence-corrected chi connectivity index (χ1v) is 10.1. The number of Topliss-reactive ketones (excluding diaryl/α,β-unsaturated/α-hetero) is 1. The molecule has 4 aromatic rings. The van der Waals surface area contributed by atoms with E-state index in [-0.39, 0.29) is 5.78 Å². The predicted octanol–water partition coefficient (Wildman–Crippen LogP) is 5.99. The van der Waals surface area contributed by atoms with Gasteiger partial charge in [-0.15, -0.1) is 21.5 Å². The van der Waals surface area contributed by atoms with E-state index < -0.39 is 0 Å². The van der Waals surface area contributed by atoms with Crippen molar-refractivity contribution in [3.05, 3.63) is 75.9 Å². The summed E-state index contributed by atoms with van der Waals surface area (Å²) in [5, 5.41) is 11.6. The highest BCUT2D eigenvalue weighted by Crippen LogP contribution is 2.32. The van der Waals surface area contributed by atoms with Crippen LogP contribution in [-0.4, -0.2) is 21.7 Å². The molecule has 0 spiro atoms. The maximum absolute atomic E-state index is 12.3. The third kappa shape index (κ3) is 3.51. The average Bonchev–Trinajstić information content (AvgIpc) is 3.13. The van der Waals surface area contributed by atoms with E-state index in [2.05, 4.69) is 10.2 Å². The number of thiophene rings is 1. The molecule has 4 rings (SSSR count). The Hall–Kier alpha value is -2.21. The fraction of sp³-hybridized carbons (Fsp3) is 0.0500. The van der Waals surface area contributed by atoms with Crippen molar-refractivity contribution in [2.45, 2.75) is 5.03 Å². The summed E-state index contributed by atoms with van der Waals surface area (Å²) >= 11 is 8.62. The van der Waals surface area contributed by atoms with Crippen LogP contribution in [-0.2, 0) is 0 Å². The van der Waals surface area contributed by atoms with Crippen molar-refractivity contribution in [2.24, 2.45) is 0 Å². The molecule has 2 aromatic heterocycles. The third-order valence-electron chi connectivity index (χ3n) is 3.89. The van der Waals surface area contributed by atoms with Gasteiger partial charge in [-0.2, -0.15) is 0 Å². The van der Waals surface area contributed by atoms with Crippen LogP contribution >= 0.6 is 34.7 Å². The number of hydrogen-bond donors (Lipinski definition) is 0. The maximum Gasteiger partial charge on any atom is 0.183 e. The highest BCUT2D eigenvalue weighted by Gasteiger charge is 2.14. The fourth-order valence-electron chi connectivity index (χ4n) is 2.66. The van der Waals surface area contributed by atoms with E-state index in [1.54, 1.807) is 12.1 Å². The molecule has 0 saturated heterocycles. The number of nitrogens with zero attached hydrogens (tertiary/aromatic N) is 2. The van der Waals surface area contributed by atoms with Crippen molar-refractivity contribution < 1.29 is 4.79 Å². The number of carbonyl (C=O) groups excluding carboxylic acids is 1. The Morgan fingerprint density at radius 1 is 0.923 bits per heavy atom. The molecule has 128 valence electrons. The maximum atomic E-state index is 12.3. The molecule has 0 atom stereocenters. The van der Waals surface area contributed by atoms with Gasteiger partial charge in [0.2, 0.25) is 0 Å². The molecule has 0 aliphatic rings. The number of benzene rings is 2. The van der Waals surface area contributed by atoms with Crippen molar-refractivity contribution in [3.63, 3.8) is 0 Å². The van der Waals surface area contributed by atoms with E-state index >= 15 is 0 Å². The minimum atomic E-state index is 0.0462. The predicted molar refractivity (Wildman–Crippen MR) is 109 cm³/mol. The quantitative estimate of drug-likeness (QED) is 0.307. The molecular weight excluding hydrogens is 384 g/mol. The Morgan fingerprint density at radius 2 is 1.65 bits per heavy atom. The van der Waals surface area contributed by atoms with Crippen molar-refractivity contribution in [1.29, 1.82) is 0 Å². The van der Waals surface area contributed by atoms with Crippen LogP contribution in [0.5, 0.6) is 0 Å². The lowest BCUT2D eigenvalue weighted by Gasteiger charge is -2.08. The zero-order valence-corrected chi connectivity index (χ0v) is 15.9. The zero-order valence-electron chi connectivity index (χ0n) is 13.6. The molecule has 0 aliphatic heterocycles. The first-order valence-electron chi connectivity index (χ1n) is 7.94. The van der Waals surface area contributed by atoms with Crippen LogP contribution < -0.4 is 0 Å². The van der Waals surface area contributed by atoms with Crippen LogP contribution in [0.25, 0.3) is 22.0 Å². The van der Waals surface area contributed by atoms with Crippen LogP contribution in [0.3, 0.4) is 0 Å². The van der Waals surface area contributed by atoms with E-state index in [0.717, 1.165) is 27.1 Å². The third-order valence-corrected chi connectivity index (χ3v) is 6.14. The summed E-state index contributed by atoms with van der Waals surface area (Å²) in [5.74, 6) is 0.352. The number of fused-ring (bicyclic) bond motifs is 1. The Kier molecular flexibility index (Phi) is 5.02. The number of hydrogen-bond acceptors (Lipinski definition) is 5. The second-order valence-electron chi connectivity index (χ2n) is 5.58. The van der Waals surface area contributed by atoms with Crippen LogP contribution in [0.1, 0.15) is 9.67 Å². The van der Waals surface area contributed by atoms with E-state index in [1.807, 2.05) is 54.6 Å². The number of rotatable bonds is 5. The Bertz CT molecular complexity index is 1080. The standard InChI is InChI=1S/C20H13ClN2OS2/c21-18-11-10-17(26-18)16(24)12-25-20-15-9-5-4-8-14(15)19(22-23-20)13-6-2-1-3-7-13/h1-11H,12H2. The summed E-state index contributed by atoms with van der Waals surface area (Å²) in [6.45, 7) is 0. The number of ketones is 1. The molecule has 0 fully saturated rings. The Balaban J connectivity index is 1.65. The largest absolute Gasteiger partial charge is 0.292 e. The second-order valence-corrected chi connectivity index (χ2v) is 8.26. The molecule has 0 aliphatic carbocycles. The van der Waals surface area contributed by atoms with Gasteiger partial charge in [0.15, 0.2) is 5.78 Å². The summed E-state index contributed by atoms with van der Waals surface area (Å²) in [4.78, 5) is 13.0. The topological polar surface area (TPSA) is 42.9 Å². The van der Waals surface area contributed by atoms with Gasteiger partial charge in [-0.3, -0.25) is 4.79 Å². The fourth-order valence-corrected chi connectivity index (χ4v) is 4.59. The molecule has 0 N–H and O–H groups in total. The molecule has 26 heavy (non-hydrogen) atoms. The van der Waals surface area contributed by atoms with Gasteiger partial charge in [0.05, 0.1) is 15.0 Å². The van der Waals surface area contributed by atoms with Gasteiger partial charge >= 0.3 is 0 Å². The number of halogens is 1. The first-order chi connectivity index (χ1) is 12.7. The highest BCUT2D eigenvalue weighted by atomic mass is 35.5. The van der Waals surface area contributed by atoms with Gasteiger partial charge in [0.1, 0.15) is 10.7 Å². The molecule has 2 heterocycles. The normalized spacial score (nSPS) is 11.0. The molecule has 0 unspecified atom stereocenters. The smallest absolute Gasteiger partial charge is 0.183 e. The summed E-state index contributed by atoms with van der Waals surface area (Å²) < 4.78 is 0.621. The number of aromatic nitrogens is 2. The highest BCUT2D eigenvalue weighted by molar-refractivity contribution is 8.00. The molecule has 0 bridgehead atoms. The summed E-state index contributed by atoms with van der Waals surface area (Å²) in [6.07, 6.45) is 0. The van der Waals surface area contributed by atoms with Crippen LogP contribution in [0.4, 0.5) is 0 Å². The summed E-state index contributed by atoms with van der Waals surface area (Å²) in [5.41, 5.74) is 1.87. The van der Waals surface area contributed by atoms with Gasteiger partial charge in [-0.25, -0.2) is 0 Å². The van der Waals surface area contributed by atoms with Gasteiger partial charge in [-0.1, -0.05) is 78.0 Å². The molecule has 0 saturated carbocycles. The van der Waals surface area contributed by atoms with Gasteiger partial charge in [0, 0.05) is 16.3 Å². The molecule has 2 aromatic carbocycles. The molecule has 3 nitrogen and oxygen atoms in total. The first kappa shape index (κ1) is 17.2. The SMILES string of the molecule is O=C(CSc1nnc(-c2ccccc2)c2ccccc12)c1ccc(Cl)s1. The van der Waals surface area contributed by atoms with E-state index in [4.69, 9.17) is 11.6 Å². The van der Waals surface area contributed by atoms with E-state index in [1.165, 1.54) is 23.1 Å². The minimum absolute atomic E-state index is 0.0462. The summed E-state index contributed by atoms with van der Waals surface area (Å²) in [6, 6.07) is 21.5. The van der Waals surface area contributed by atoms with Gasteiger partial charge in [-0.05, 0) is 12.1 Å². The van der Waals surface area contributed by atoms with Crippen LogP contribution in [0.2, 0.25) is 4.34 Å². The lowest BCUT2D eigenvalue weighted by atomic mass is 10.1. The lowest BCUT2D eigenvalue weighted by molar-refractivity contribution is 0.102. The minimum Gasteiger partial charge on any atom is -0.292 e. The molecule has 6 heteroatoms. The molecule has 0 amide bonds. The Labute approximate surface area is 164 Å². The van der Waals surface area contributed by atoms with Crippen molar-refractivity contribution in [3.8, 4) is 11.3 Å². The number of carbonyl (C=O) groups is 1. The molecular formula is C20H13ClN2OS2. The van der Waals surface area contributed by atoms with Crippen molar-refractivity contribution in [1.82, 2.24) is 10.2 Å². The van der Waals surface area contributed by atoms with E-state index in [9.17, 15) is 4.79 Å². The summed E-state index contributed by atoms with van der Waals surface area (Å²) in [7, 11) is 0. The van der Waals surface area contributed by atoms with Crippen molar-refractivity contribution in [2.75, 3.05) is 5.75 Å². The van der Waals surface area contributed by atoms with Gasteiger partial charge in [0.25, 0.3) is 0 Å². The Morgan fingerprint density at radius 3 is 2.38 bits per heavy atom. The molecule has 0 radical (unpaired) electrons. The average molecular weight is 397 g/mol. The van der Waals surface area contributed by atoms with Gasteiger partial charge < -0.3 is 0 Å². The number of thioether (sulfide) groups is 1. The van der Waals surface area contributed by atoms with Crippen LogP contribution in [0, 0.1) is 0 Å². The van der Waals surface area contributed by atoms with Crippen LogP contribution in [0.15, 0.2) is 71.8 Å². The zero-order chi connectivity index (χ0) is 17.9. The van der Waals surface area contributed by atoms with Crippen molar-refractivity contribution >= 4 is 51.3 Å². The second kappa shape index (κ2) is 7.58.